The third-order valence-electron chi connectivity index (χ3n) is 3.44. The molecule has 0 spiro atoms. The van der Waals surface area contributed by atoms with Gasteiger partial charge in [-0.1, -0.05) is 22.4 Å². The molecule has 104 valence electrons. The van der Waals surface area contributed by atoms with Crippen LogP contribution in [-0.2, 0) is 4.79 Å². The van der Waals surface area contributed by atoms with E-state index in [1.807, 2.05) is 24.3 Å². The van der Waals surface area contributed by atoms with Crippen LogP contribution in [0.3, 0.4) is 0 Å². The number of anilines is 1. The van der Waals surface area contributed by atoms with Crippen LogP contribution < -0.4 is 10.6 Å². The van der Waals surface area contributed by atoms with E-state index in [1.54, 1.807) is 0 Å². The highest BCUT2D eigenvalue weighted by Crippen LogP contribution is 2.24. The van der Waals surface area contributed by atoms with Crippen molar-refractivity contribution in [1.29, 1.82) is 0 Å². The van der Waals surface area contributed by atoms with E-state index in [0.29, 0.717) is 12.5 Å². The Hall–Kier alpha value is -0.910. The van der Waals surface area contributed by atoms with Crippen LogP contribution in [0.1, 0.15) is 19.3 Å². The van der Waals surface area contributed by atoms with Crippen molar-refractivity contribution in [3.63, 3.8) is 0 Å². The number of carbonyl (C=O) groups is 1. The SMILES string of the molecule is O=C(CNCC1CCCC1O)Nc1ccc(Br)cc1. The largest absolute Gasteiger partial charge is 0.393 e. The summed E-state index contributed by atoms with van der Waals surface area (Å²) >= 11 is 3.35. The minimum absolute atomic E-state index is 0.0604. The average Bonchev–Trinajstić information content (AvgIpc) is 2.78. The fraction of sp³-hybridized carbons (Fsp3) is 0.500. The molecule has 1 aliphatic rings. The Morgan fingerprint density at radius 1 is 1.32 bits per heavy atom. The standard InChI is InChI=1S/C14H19BrN2O2/c15-11-4-6-12(7-5-11)17-14(19)9-16-8-10-2-1-3-13(10)18/h4-7,10,13,16,18H,1-3,8-9H2,(H,17,19). The molecule has 2 unspecified atom stereocenters. The molecule has 1 fully saturated rings. The zero-order valence-electron chi connectivity index (χ0n) is 10.7. The van der Waals surface area contributed by atoms with Gasteiger partial charge in [-0.05, 0) is 43.0 Å². The summed E-state index contributed by atoms with van der Waals surface area (Å²) in [7, 11) is 0. The molecular formula is C14H19BrN2O2. The molecule has 19 heavy (non-hydrogen) atoms. The smallest absolute Gasteiger partial charge is 0.238 e. The van der Waals surface area contributed by atoms with Gasteiger partial charge in [0.2, 0.25) is 5.91 Å². The van der Waals surface area contributed by atoms with Gasteiger partial charge in [0.25, 0.3) is 0 Å². The lowest BCUT2D eigenvalue weighted by atomic mass is 10.1. The van der Waals surface area contributed by atoms with Gasteiger partial charge in [-0.3, -0.25) is 4.79 Å². The molecule has 2 rings (SSSR count). The summed E-state index contributed by atoms with van der Waals surface area (Å²) < 4.78 is 0.985. The van der Waals surface area contributed by atoms with E-state index in [1.165, 1.54) is 0 Å². The molecule has 3 N–H and O–H groups in total. The first kappa shape index (κ1) is 14.5. The maximum absolute atomic E-state index is 11.7. The van der Waals surface area contributed by atoms with Gasteiger partial charge < -0.3 is 15.7 Å². The average molecular weight is 327 g/mol. The number of rotatable bonds is 5. The Bertz CT molecular complexity index is 422. The third-order valence-corrected chi connectivity index (χ3v) is 3.97. The van der Waals surface area contributed by atoms with E-state index in [4.69, 9.17) is 0 Å². The Balaban J connectivity index is 1.68. The van der Waals surface area contributed by atoms with Gasteiger partial charge in [0.05, 0.1) is 12.6 Å². The maximum atomic E-state index is 11.7. The zero-order chi connectivity index (χ0) is 13.7. The third kappa shape index (κ3) is 4.60. The number of halogens is 1. The molecular weight excluding hydrogens is 308 g/mol. The number of amides is 1. The number of aliphatic hydroxyl groups is 1. The Kier molecular flexibility index (Phi) is 5.36. The van der Waals surface area contributed by atoms with E-state index in [0.717, 1.165) is 29.4 Å². The van der Waals surface area contributed by atoms with Gasteiger partial charge in [0.15, 0.2) is 0 Å². The highest BCUT2D eigenvalue weighted by Gasteiger charge is 2.24. The minimum Gasteiger partial charge on any atom is -0.393 e. The molecule has 1 aliphatic carbocycles. The van der Waals surface area contributed by atoms with Gasteiger partial charge in [-0.15, -0.1) is 0 Å². The number of benzene rings is 1. The minimum atomic E-state index is -0.206. The van der Waals surface area contributed by atoms with Gasteiger partial charge >= 0.3 is 0 Å². The van der Waals surface area contributed by atoms with Gasteiger partial charge in [-0.2, -0.15) is 0 Å². The van der Waals surface area contributed by atoms with E-state index in [-0.39, 0.29) is 18.6 Å². The molecule has 0 radical (unpaired) electrons. The first-order valence-electron chi connectivity index (χ1n) is 6.59. The number of hydrogen-bond donors (Lipinski definition) is 3. The number of carbonyl (C=O) groups excluding carboxylic acids is 1. The lowest BCUT2D eigenvalue weighted by Crippen LogP contribution is -2.34. The second-order valence-corrected chi connectivity index (χ2v) is 5.86. The summed E-state index contributed by atoms with van der Waals surface area (Å²) in [5, 5.41) is 15.6. The van der Waals surface area contributed by atoms with Crippen LogP contribution in [0.4, 0.5) is 5.69 Å². The second-order valence-electron chi connectivity index (χ2n) is 4.94. The highest BCUT2D eigenvalue weighted by atomic mass is 79.9. The van der Waals surface area contributed by atoms with Crippen LogP contribution in [0, 0.1) is 5.92 Å². The Labute approximate surface area is 121 Å². The molecule has 1 aromatic carbocycles. The summed E-state index contributed by atoms with van der Waals surface area (Å²) in [5.74, 6) is 0.232. The molecule has 5 heteroatoms. The number of aliphatic hydroxyl groups excluding tert-OH is 1. The van der Waals surface area contributed by atoms with Gasteiger partial charge in [-0.25, -0.2) is 0 Å². The molecule has 2 atom stereocenters. The van der Waals surface area contributed by atoms with Crippen LogP contribution in [0.15, 0.2) is 28.7 Å². The highest BCUT2D eigenvalue weighted by molar-refractivity contribution is 9.10. The lowest BCUT2D eigenvalue weighted by molar-refractivity contribution is -0.115. The van der Waals surface area contributed by atoms with Crippen molar-refractivity contribution in [3.8, 4) is 0 Å². The van der Waals surface area contributed by atoms with E-state index in [2.05, 4.69) is 26.6 Å². The van der Waals surface area contributed by atoms with Crippen LogP contribution in [0.25, 0.3) is 0 Å². The molecule has 4 nitrogen and oxygen atoms in total. The van der Waals surface area contributed by atoms with Gasteiger partial charge in [0, 0.05) is 16.7 Å². The quantitative estimate of drug-likeness (QED) is 0.776. The summed E-state index contributed by atoms with van der Waals surface area (Å²) in [4.78, 5) is 11.7. The van der Waals surface area contributed by atoms with E-state index in [9.17, 15) is 9.90 Å². The predicted octanol–water partition coefficient (Wildman–Crippen LogP) is 2.14. The van der Waals surface area contributed by atoms with Crippen LogP contribution in [0.2, 0.25) is 0 Å². The number of hydrogen-bond acceptors (Lipinski definition) is 3. The fourth-order valence-corrected chi connectivity index (χ4v) is 2.63. The summed E-state index contributed by atoms with van der Waals surface area (Å²) in [6.07, 6.45) is 2.81. The van der Waals surface area contributed by atoms with Crippen molar-refractivity contribution >= 4 is 27.5 Å². The molecule has 1 aromatic rings. The van der Waals surface area contributed by atoms with Crippen molar-refractivity contribution in [2.24, 2.45) is 5.92 Å². The summed E-state index contributed by atoms with van der Waals surface area (Å²) in [5.41, 5.74) is 0.788. The molecule has 0 bridgehead atoms. The van der Waals surface area contributed by atoms with E-state index < -0.39 is 0 Å². The molecule has 1 saturated carbocycles. The van der Waals surface area contributed by atoms with E-state index >= 15 is 0 Å². The topological polar surface area (TPSA) is 61.4 Å². The number of nitrogens with one attached hydrogen (secondary N) is 2. The fourth-order valence-electron chi connectivity index (χ4n) is 2.36. The van der Waals surface area contributed by atoms with Crippen LogP contribution in [-0.4, -0.2) is 30.2 Å². The van der Waals surface area contributed by atoms with Crippen LogP contribution in [0.5, 0.6) is 0 Å². The van der Waals surface area contributed by atoms with Crippen LogP contribution >= 0.6 is 15.9 Å². The van der Waals surface area contributed by atoms with Gasteiger partial charge in [0.1, 0.15) is 0 Å². The van der Waals surface area contributed by atoms with Crippen molar-refractivity contribution in [2.45, 2.75) is 25.4 Å². The molecule has 1 amide bonds. The maximum Gasteiger partial charge on any atom is 0.238 e. The van der Waals surface area contributed by atoms with Crippen molar-refractivity contribution in [1.82, 2.24) is 5.32 Å². The Morgan fingerprint density at radius 2 is 2.05 bits per heavy atom. The lowest BCUT2D eigenvalue weighted by Gasteiger charge is -2.14. The molecule has 0 saturated heterocycles. The molecule has 0 aliphatic heterocycles. The predicted molar refractivity (Wildman–Crippen MR) is 79.0 cm³/mol. The Morgan fingerprint density at radius 3 is 2.68 bits per heavy atom. The zero-order valence-corrected chi connectivity index (χ0v) is 12.3. The molecule has 0 heterocycles. The second kappa shape index (κ2) is 7.03. The first-order valence-corrected chi connectivity index (χ1v) is 7.38. The monoisotopic (exact) mass is 326 g/mol. The normalized spacial score (nSPS) is 22.4. The van der Waals surface area contributed by atoms with Crippen molar-refractivity contribution in [2.75, 3.05) is 18.4 Å². The summed E-state index contributed by atoms with van der Waals surface area (Å²) in [6.45, 7) is 0.980. The summed E-state index contributed by atoms with van der Waals surface area (Å²) in [6, 6.07) is 7.47. The van der Waals surface area contributed by atoms with Crippen molar-refractivity contribution in [3.05, 3.63) is 28.7 Å². The van der Waals surface area contributed by atoms with Crippen molar-refractivity contribution < 1.29 is 9.90 Å². The molecule has 0 aromatic heterocycles. The first-order chi connectivity index (χ1) is 9.15.